The number of nitrogens with zero attached hydrogens (tertiary/aromatic N) is 2. The predicted octanol–water partition coefficient (Wildman–Crippen LogP) is 9.61. The van der Waals surface area contributed by atoms with E-state index in [1.807, 2.05) is 6.20 Å². The van der Waals surface area contributed by atoms with Crippen molar-refractivity contribution in [3.63, 3.8) is 0 Å². The van der Waals surface area contributed by atoms with Crippen LogP contribution in [0, 0.1) is 0 Å². The zero-order valence-corrected chi connectivity index (χ0v) is 20.4. The fourth-order valence-corrected chi connectivity index (χ4v) is 4.53. The summed E-state index contributed by atoms with van der Waals surface area (Å²) in [6, 6.07) is 0.521. The molecule has 0 radical (unpaired) electrons. The predicted molar refractivity (Wildman–Crippen MR) is 130 cm³/mol. The van der Waals surface area contributed by atoms with Gasteiger partial charge in [-0.25, -0.2) is 4.98 Å². The fraction of sp³-hybridized carbons (Fsp3) is 0.889. The smallest absolute Gasteiger partial charge is 0.111 e. The second-order valence-electron chi connectivity index (χ2n) is 9.51. The number of hydrogen-bond acceptors (Lipinski definition) is 1. The molecule has 0 amide bonds. The number of rotatable bonds is 20. The molecule has 1 aromatic heterocycles. The number of unbranched alkanes of at least 4 members (excludes halogenated alkanes) is 14. The average molecular weight is 405 g/mol. The third kappa shape index (κ3) is 12.5. The van der Waals surface area contributed by atoms with Gasteiger partial charge in [-0.2, -0.15) is 0 Å². The standard InChI is InChI=1S/C27H52N2/c1-5-7-9-11-13-14-16-18-20-22-26(21-19-17-15-12-10-8-6-2)27-28-23-24-29(27)25(3)4/h23-26H,5-22H2,1-4H3. The molecule has 0 saturated heterocycles. The van der Waals surface area contributed by atoms with Crippen molar-refractivity contribution in [1.29, 1.82) is 0 Å². The summed E-state index contributed by atoms with van der Waals surface area (Å²) in [5.74, 6) is 2.01. The van der Waals surface area contributed by atoms with E-state index >= 15 is 0 Å². The second-order valence-corrected chi connectivity index (χ2v) is 9.51. The molecule has 0 aliphatic rings. The van der Waals surface area contributed by atoms with Gasteiger partial charge >= 0.3 is 0 Å². The third-order valence-corrected chi connectivity index (χ3v) is 6.43. The van der Waals surface area contributed by atoms with E-state index in [1.165, 1.54) is 121 Å². The maximum absolute atomic E-state index is 4.80. The van der Waals surface area contributed by atoms with Crippen molar-refractivity contribution in [2.24, 2.45) is 0 Å². The van der Waals surface area contributed by atoms with Gasteiger partial charge in [-0.1, -0.05) is 117 Å². The Morgan fingerprint density at radius 1 is 0.655 bits per heavy atom. The van der Waals surface area contributed by atoms with E-state index in [0.717, 1.165) is 0 Å². The number of aromatic nitrogens is 2. The minimum atomic E-state index is 0.521. The lowest BCUT2D eigenvalue weighted by Gasteiger charge is -2.20. The second kappa shape index (κ2) is 18.0. The molecule has 2 nitrogen and oxygen atoms in total. The van der Waals surface area contributed by atoms with Gasteiger partial charge in [-0.05, 0) is 26.7 Å². The van der Waals surface area contributed by atoms with Crippen molar-refractivity contribution in [2.45, 2.75) is 155 Å². The van der Waals surface area contributed by atoms with Gasteiger partial charge in [0.2, 0.25) is 0 Å². The molecule has 1 rings (SSSR count). The van der Waals surface area contributed by atoms with E-state index < -0.39 is 0 Å². The molecule has 0 aliphatic carbocycles. The van der Waals surface area contributed by atoms with Gasteiger partial charge in [-0.3, -0.25) is 0 Å². The Morgan fingerprint density at radius 2 is 1.07 bits per heavy atom. The highest BCUT2D eigenvalue weighted by molar-refractivity contribution is 5.02. The van der Waals surface area contributed by atoms with Crippen molar-refractivity contribution in [3.8, 4) is 0 Å². The van der Waals surface area contributed by atoms with Gasteiger partial charge in [0.05, 0.1) is 0 Å². The summed E-state index contributed by atoms with van der Waals surface area (Å²) in [7, 11) is 0. The molecule has 0 saturated carbocycles. The van der Waals surface area contributed by atoms with Crippen molar-refractivity contribution in [1.82, 2.24) is 9.55 Å². The Bertz CT molecular complexity index is 463. The van der Waals surface area contributed by atoms with Gasteiger partial charge < -0.3 is 4.57 Å². The van der Waals surface area contributed by atoms with Crippen LogP contribution < -0.4 is 0 Å². The first-order valence-corrected chi connectivity index (χ1v) is 13.2. The molecule has 2 heteroatoms. The first-order chi connectivity index (χ1) is 14.2. The molecule has 1 atom stereocenters. The molecular weight excluding hydrogens is 352 g/mol. The van der Waals surface area contributed by atoms with Crippen LogP contribution in [0.15, 0.2) is 12.4 Å². The van der Waals surface area contributed by atoms with Crippen LogP contribution in [-0.2, 0) is 0 Å². The monoisotopic (exact) mass is 404 g/mol. The summed E-state index contributed by atoms with van der Waals surface area (Å²) in [6.45, 7) is 9.17. The lowest BCUT2D eigenvalue weighted by molar-refractivity contribution is 0.442. The van der Waals surface area contributed by atoms with E-state index in [9.17, 15) is 0 Å². The molecule has 0 aromatic carbocycles. The van der Waals surface area contributed by atoms with E-state index in [0.29, 0.717) is 12.0 Å². The highest BCUT2D eigenvalue weighted by Crippen LogP contribution is 2.29. The number of imidazole rings is 1. The Kier molecular flexibility index (Phi) is 16.3. The summed E-state index contributed by atoms with van der Waals surface area (Å²) < 4.78 is 2.42. The summed E-state index contributed by atoms with van der Waals surface area (Å²) in [5, 5.41) is 0. The van der Waals surface area contributed by atoms with Crippen LogP contribution in [0.3, 0.4) is 0 Å². The molecule has 1 aromatic rings. The molecule has 1 heterocycles. The normalized spacial score (nSPS) is 12.7. The van der Waals surface area contributed by atoms with Crippen molar-refractivity contribution >= 4 is 0 Å². The Hall–Kier alpha value is -0.790. The SMILES string of the molecule is CCCCCCCCCCCC(CCCCCCCCC)c1nccn1C(C)C. The van der Waals surface area contributed by atoms with Crippen molar-refractivity contribution in [3.05, 3.63) is 18.2 Å². The Morgan fingerprint density at radius 3 is 1.48 bits per heavy atom. The van der Waals surface area contributed by atoms with E-state index in [-0.39, 0.29) is 0 Å². The first kappa shape index (κ1) is 26.2. The van der Waals surface area contributed by atoms with Crippen LogP contribution in [0.25, 0.3) is 0 Å². The molecule has 0 N–H and O–H groups in total. The van der Waals surface area contributed by atoms with Crippen LogP contribution >= 0.6 is 0 Å². The molecule has 29 heavy (non-hydrogen) atoms. The lowest BCUT2D eigenvalue weighted by atomic mass is 9.93. The highest BCUT2D eigenvalue weighted by atomic mass is 15.1. The van der Waals surface area contributed by atoms with Gasteiger partial charge in [0.25, 0.3) is 0 Å². The minimum Gasteiger partial charge on any atom is -0.332 e. The lowest BCUT2D eigenvalue weighted by Crippen LogP contribution is -2.11. The van der Waals surface area contributed by atoms with Crippen LogP contribution in [0.1, 0.15) is 161 Å². The molecule has 0 spiro atoms. The summed E-state index contributed by atoms with van der Waals surface area (Å²) >= 11 is 0. The van der Waals surface area contributed by atoms with Gasteiger partial charge in [-0.15, -0.1) is 0 Å². The number of hydrogen-bond donors (Lipinski definition) is 0. The molecule has 0 bridgehead atoms. The maximum Gasteiger partial charge on any atom is 0.111 e. The van der Waals surface area contributed by atoms with Crippen molar-refractivity contribution in [2.75, 3.05) is 0 Å². The summed E-state index contributed by atoms with van der Waals surface area (Å²) in [6.07, 6.45) is 29.4. The molecular formula is C27H52N2. The molecule has 170 valence electrons. The average Bonchev–Trinajstić information content (AvgIpc) is 3.20. The minimum absolute atomic E-state index is 0.521. The van der Waals surface area contributed by atoms with Gasteiger partial charge in [0.1, 0.15) is 5.82 Å². The van der Waals surface area contributed by atoms with Crippen molar-refractivity contribution < 1.29 is 0 Å². The zero-order valence-electron chi connectivity index (χ0n) is 20.4. The summed E-state index contributed by atoms with van der Waals surface area (Å²) in [4.78, 5) is 4.80. The Labute approximate surface area is 183 Å². The van der Waals surface area contributed by atoms with Crippen LogP contribution in [0.5, 0.6) is 0 Å². The largest absolute Gasteiger partial charge is 0.332 e. The first-order valence-electron chi connectivity index (χ1n) is 13.2. The molecule has 1 unspecified atom stereocenters. The van der Waals surface area contributed by atoms with E-state index in [4.69, 9.17) is 4.98 Å². The van der Waals surface area contributed by atoms with Crippen LogP contribution in [0.2, 0.25) is 0 Å². The van der Waals surface area contributed by atoms with Crippen LogP contribution in [-0.4, -0.2) is 9.55 Å². The molecule has 0 aliphatic heterocycles. The fourth-order valence-electron chi connectivity index (χ4n) is 4.53. The van der Waals surface area contributed by atoms with E-state index in [2.05, 4.69) is 38.5 Å². The van der Waals surface area contributed by atoms with Gasteiger partial charge in [0.15, 0.2) is 0 Å². The van der Waals surface area contributed by atoms with Gasteiger partial charge in [0, 0.05) is 24.4 Å². The Balaban J connectivity index is 2.33. The quantitative estimate of drug-likeness (QED) is 0.198. The molecule has 0 fully saturated rings. The highest BCUT2D eigenvalue weighted by Gasteiger charge is 2.18. The summed E-state index contributed by atoms with van der Waals surface area (Å²) in [5.41, 5.74) is 0. The van der Waals surface area contributed by atoms with Crippen LogP contribution in [0.4, 0.5) is 0 Å². The maximum atomic E-state index is 4.80. The zero-order chi connectivity index (χ0) is 21.2. The van der Waals surface area contributed by atoms with E-state index in [1.54, 1.807) is 0 Å². The topological polar surface area (TPSA) is 17.8 Å². The third-order valence-electron chi connectivity index (χ3n) is 6.43.